The molecule has 0 spiro atoms. The van der Waals surface area contributed by atoms with Gasteiger partial charge in [-0.25, -0.2) is 4.79 Å². The molecule has 1 aromatic carbocycles. The van der Waals surface area contributed by atoms with Crippen LogP contribution in [-0.2, 0) is 6.54 Å². The van der Waals surface area contributed by atoms with Crippen molar-refractivity contribution in [2.75, 3.05) is 0 Å². The summed E-state index contributed by atoms with van der Waals surface area (Å²) in [6.45, 7) is 0.182. The number of carbonyl (C=O) groups is 1. The van der Waals surface area contributed by atoms with Crippen molar-refractivity contribution in [2.45, 2.75) is 6.54 Å². The SMILES string of the molecule is O=Cc1ccc(Cn2c(=O)[nH]c3ccsc3c2=O)cc1. The number of aromatic nitrogens is 2. The molecule has 3 rings (SSSR count). The molecular weight excluding hydrogens is 276 g/mol. The monoisotopic (exact) mass is 286 g/mol. The van der Waals surface area contributed by atoms with Crippen LogP contribution < -0.4 is 11.2 Å². The Morgan fingerprint density at radius 1 is 1.15 bits per heavy atom. The highest BCUT2D eigenvalue weighted by Gasteiger charge is 2.08. The van der Waals surface area contributed by atoms with Crippen LogP contribution >= 0.6 is 11.3 Å². The van der Waals surface area contributed by atoms with Gasteiger partial charge in [0, 0.05) is 5.56 Å². The van der Waals surface area contributed by atoms with Gasteiger partial charge in [-0.05, 0) is 17.0 Å². The summed E-state index contributed by atoms with van der Waals surface area (Å²) in [4.78, 5) is 37.4. The molecule has 5 nitrogen and oxygen atoms in total. The van der Waals surface area contributed by atoms with Gasteiger partial charge in [-0.3, -0.25) is 14.2 Å². The summed E-state index contributed by atoms with van der Waals surface area (Å²) in [6, 6.07) is 8.49. The van der Waals surface area contributed by atoms with Crippen LogP contribution in [0.4, 0.5) is 0 Å². The minimum Gasteiger partial charge on any atom is -0.306 e. The van der Waals surface area contributed by atoms with Crippen molar-refractivity contribution < 1.29 is 4.79 Å². The summed E-state index contributed by atoms with van der Waals surface area (Å²) in [7, 11) is 0. The van der Waals surface area contributed by atoms with E-state index < -0.39 is 5.69 Å². The third kappa shape index (κ3) is 2.10. The zero-order valence-corrected chi connectivity index (χ0v) is 11.1. The summed E-state index contributed by atoms with van der Waals surface area (Å²) < 4.78 is 1.70. The number of benzene rings is 1. The Hall–Kier alpha value is -2.47. The highest BCUT2D eigenvalue weighted by atomic mass is 32.1. The average molecular weight is 286 g/mol. The van der Waals surface area contributed by atoms with Crippen molar-refractivity contribution in [1.29, 1.82) is 0 Å². The minimum absolute atomic E-state index is 0.182. The van der Waals surface area contributed by atoms with Gasteiger partial charge in [-0.15, -0.1) is 11.3 Å². The van der Waals surface area contributed by atoms with Crippen LogP contribution in [0.2, 0.25) is 0 Å². The number of aromatic amines is 1. The van der Waals surface area contributed by atoms with Crippen LogP contribution in [0.25, 0.3) is 10.2 Å². The van der Waals surface area contributed by atoms with Gasteiger partial charge in [0.25, 0.3) is 5.56 Å². The van der Waals surface area contributed by atoms with Gasteiger partial charge in [-0.1, -0.05) is 24.3 Å². The van der Waals surface area contributed by atoms with E-state index in [1.165, 1.54) is 11.3 Å². The summed E-state index contributed by atoms with van der Waals surface area (Å²) in [5, 5.41) is 1.77. The molecular formula is C14H10N2O3S. The molecule has 0 saturated carbocycles. The molecule has 0 saturated heterocycles. The van der Waals surface area contributed by atoms with Crippen molar-refractivity contribution in [1.82, 2.24) is 9.55 Å². The van der Waals surface area contributed by atoms with Crippen LogP contribution in [0.1, 0.15) is 15.9 Å². The van der Waals surface area contributed by atoms with Gasteiger partial charge in [0.2, 0.25) is 0 Å². The lowest BCUT2D eigenvalue weighted by Crippen LogP contribution is -2.34. The summed E-state index contributed by atoms with van der Waals surface area (Å²) in [5.41, 5.74) is 1.19. The standard InChI is InChI=1S/C14H10N2O3S/c17-8-10-3-1-9(2-4-10)7-16-13(18)12-11(5-6-20-12)15-14(16)19/h1-6,8H,7H2,(H,15,19). The topological polar surface area (TPSA) is 71.9 Å². The zero-order chi connectivity index (χ0) is 14.1. The number of nitrogens with one attached hydrogen (secondary N) is 1. The van der Waals surface area contributed by atoms with Gasteiger partial charge >= 0.3 is 5.69 Å². The Morgan fingerprint density at radius 2 is 1.90 bits per heavy atom. The second-order valence-electron chi connectivity index (χ2n) is 4.34. The summed E-state index contributed by atoms with van der Waals surface area (Å²) in [6.07, 6.45) is 0.750. The highest BCUT2D eigenvalue weighted by Crippen LogP contribution is 2.12. The van der Waals surface area contributed by atoms with Crippen molar-refractivity contribution in [3.63, 3.8) is 0 Å². The fourth-order valence-electron chi connectivity index (χ4n) is 2.00. The molecule has 0 unspecified atom stereocenters. The second kappa shape index (κ2) is 4.90. The highest BCUT2D eigenvalue weighted by molar-refractivity contribution is 7.17. The normalized spacial score (nSPS) is 10.8. The third-order valence-corrected chi connectivity index (χ3v) is 3.95. The largest absolute Gasteiger partial charge is 0.329 e. The molecule has 0 radical (unpaired) electrons. The van der Waals surface area contributed by atoms with Crippen molar-refractivity contribution >= 4 is 27.8 Å². The first-order valence-corrected chi connectivity index (χ1v) is 6.81. The number of hydrogen-bond acceptors (Lipinski definition) is 4. The number of thiophene rings is 1. The van der Waals surface area contributed by atoms with Crippen molar-refractivity contribution in [3.8, 4) is 0 Å². The average Bonchev–Trinajstić information content (AvgIpc) is 2.92. The fourth-order valence-corrected chi connectivity index (χ4v) is 2.80. The molecule has 0 atom stereocenters. The molecule has 0 aliphatic carbocycles. The number of rotatable bonds is 3. The Morgan fingerprint density at radius 3 is 2.60 bits per heavy atom. The number of H-pyrrole nitrogens is 1. The first kappa shape index (κ1) is 12.6. The van der Waals surface area contributed by atoms with Crippen molar-refractivity contribution in [2.24, 2.45) is 0 Å². The van der Waals surface area contributed by atoms with E-state index in [0.717, 1.165) is 16.4 Å². The van der Waals surface area contributed by atoms with E-state index in [1.807, 2.05) is 0 Å². The molecule has 3 aromatic rings. The Balaban J connectivity index is 2.07. The van der Waals surface area contributed by atoms with Gasteiger partial charge in [0.15, 0.2) is 0 Å². The molecule has 0 bridgehead atoms. The number of fused-ring (bicyclic) bond motifs is 1. The van der Waals surface area contributed by atoms with Crippen LogP contribution in [-0.4, -0.2) is 15.8 Å². The van der Waals surface area contributed by atoms with Crippen molar-refractivity contribution in [3.05, 3.63) is 67.7 Å². The Kier molecular flexibility index (Phi) is 3.08. The number of hydrogen-bond donors (Lipinski definition) is 1. The number of carbonyl (C=O) groups excluding carboxylic acids is 1. The molecule has 6 heteroatoms. The molecule has 2 heterocycles. The lowest BCUT2D eigenvalue weighted by atomic mass is 10.1. The maximum Gasteiger partial charge on any atom is 0.329 e. The van der Waals surface area contributed by atoms with Crippen LogP contribution in [0.15, 0.2) is 45.3 Å². The van der Waals surface area contributed by atoms with Crippen LogP contribution in [0, 0.1) is 0 Å². The molecule has 1 N–H and O–H groups in total. The zero-order valence-electron chi connectivity index (χ0n) is 10.3. The molecule has 2 aromatic heterocycles. The van der Waals surface area contributed by atoms with E-state index in [1.54, 1.807) is 35.7 Å². The third-order valence-electron chi connectivity index (χ3n) is 3.05. The summed E-state index contributed by atoms with van der Waals surface area (Å²) >= 11 is 1.30. The first-order valence-electron chi connectivity index (χ1n) is 5.93. The van der Waals surface area contributed by atoms with Gasteiger partial charge < -0.3 is 4.98 Å². The van der Waals surface area contributed by atoms with E-state index in [4.69, 9.17) is 0 Å². The molecule has 0 fully saturated rings. The molecule has 0 aliphatic heterocycles. The first-order chi connectivity index (χ1) is 9.69. The predicted molar refractivity (Wildman–Crippen MR) is 77.6 cm³/mol. The maximum absolute atomic E-state index is 12.2. The van der Waals surface area contributed by atoms with E-state index in [9.17, 15) is 14.4 Å². The molecule has 0 amide bonds. The molecule has 20 heavy (non-hydrogen) atoms. The Labute approximate surface area is 117 Å². The molecule has 0 aliphatic rings. The summed E-state index contributed by atoms with van der Waals surface area (Å²) in [5.74, 6) is 0. The van der Waals surface area contributed by atoms with E-state index in [2.05, 4.69) is 4.98 Å². The van der Waals surface area contributed by atoms with Crippen LogP contribution in [0.3, 0.4) is 0 Å². The predicted octanol–water partition coefficient (Wildman–Crippen LogP) is 1.61. The maximum atomic E-state index is 12.2. The van der Waals surface area contributed by atoms with Gasteiger partial charge in [0.05, 0.1) is 12.1 Å². The number of aldehydes is 1. The lowest BCUT2D eigenvalue weighted by molar-refractivity contribution is 0.112. The van der Waals surface area contributed by atoms with E-state index >= 15 is 0 Å². The quantitative estimate of drug-likeness (QED) is 0.743. The molecule has 100 valence electrons. The Bertz CT molecular complexity index is 887. The van der Waals surface area contributed by atoms with E-state index in [0.29, 0.717) is 15.8 Å². The fraction of sp³-hybridized carbons (Fsp3) is 0.0714. The lowest BCUT2D eigenvalue weighted by Gasteiger charge is -2.05. The smallest absolute Gasteiger partial charge is 0.306 e. The number of nitrogens with zero attached hydrogens (tertiary/aromatic N) is 1. The second-order valence-corrected chi connectivity index (χ2v) is 5.26. The van der Waals surface area contributed by atoms with Crippen LogP contribution in [0.5, 0.6) is 0 Å². The van der Waals surface area contributed by atoms with E-state index in [-0.39, 0.29) is 12.1 Å². The van der Waals surface area contributed by atoms with Gasteiger partial charge in [0.1, 0.15) is 11.0 Å². The minimum atomic E-state index is -0.430. The van der Waals surface area contributed by atoms with Gasteiger partial charge in [-0.2, -0.15) is 0 Å².